The zero-order valence-corrected chi connectivity index (χ0v) is 15.3. The van der Waals surface area contributed by atoms with E-state index in [4.69, 9.17) is 9.88 Å². The number of nitrogens with two attached hydrogens (primary N) is 1. The third-order valence-electron chi connectivity index (χ3n) is 3.59. The van der Waals surface area contributed by atoms with E-state index in [2.05, 4.69) is 34.1 Å². The minimum atomic E-state index is -0.124. The van der Waals surface area contributed by atoms with Gasteiger partial charge in [0.1, 0.15) is 0 Å². The summed E-state index contributed by atoms with van der Waals surface area (Å²) in [4.78, 5) is 17.1. The Bertz CT molecular complexity index is 446. The minimum absolute atomic E-state index is 0.124. The van der Waals surface area contributed by atoms with Crippen LogP contribution in [0.3, 0.4) is 0 Å². The number of piperazine rings is 1. The average Bonchev–Trinajstić information content (AvgIpc) is 2.59. The molecule has 1 fully saturated rings. The number of benzene rings is 1. The fourth-order valence-corrected chi connectivity index (χ4v) is 2.72. The van der Waals surface area contributed by atoms with E-state index in [9.17, 15) is 4.79 Å². The molecule has 130 valence electrons. The molecule has 1 saturated heterocycles. The molecule has 0 amide bonds. The lowest BCUT2D eigenvalue weighted by molar-refractivity contribution is -0.144. The SMILES string of the molecule is CC.CCOC(=O)CN1CCN(Cc2ccc(SN)cc2)CC1. The molecule has 5 nitrogen and oxygen atoms in total. The van der Waals surface area contributed by atoms with Crippen molar-refractivity contribution in [1.29, 1.82) is 0 Å². The van der Waals surface area contributed by atoms with Crippen molar-refractivity contribution in [1.82, 2.24) is 9.80 Å². The largest absolute Gasteiger partial charge is 0.465 e. The van der Waals surface area contributed by atoms with Crippen molar-refractivity contribution in [3.8, 4) is 0 Å². The molecule has 23 heavy (non-hydrogen) atoms. The molecular weight excluding hydrogens is 310 g/mol. The molecule has 2 rings (SSSR count). The Kier molecular flexibility index (Phi) is 9.94. The van der Waals surface area contributed by atoms with Gasteiger partial charge in [0.2, 0.25) is 0 Å². The summed E-state index contributed by atoms with van der Waals surface area (Å²) >= 11 is 1.27. The summed E-state index contributed by atoms with van der Waals surface area (Å²) in [5, 5.41) is 5.52. The standard InChI is InChI=1S/C15H23N3O2S.C2H6/c1-2-20-15(19)12-18-9-7-17(8-10-18)11-13-3-5-14(21-16)6-4-13;1-2/h3-6H,2,7-12,16H2,1H3;1-2H3. The Labute approximate surface area is 144 Å². The van der Waals surface area contributed by atoms with Crippen molar-refractivity contribution >= 4 is 17.9 Å². The summed E-state index contributed by atoms with van der Waals surface area (Å²) in [5.74, 6) is -0.124. The molecule has 1 aromatic carbocycles. The smallest absolute Gasteiger partial charge is 0.320 e. The van der Waals surface area contributed by atoms with Gasteiger partial charge in [-0.15, -0.1) is 0 Å². The van der Waals surface area contributed by atoms with Gasteiger partial charge in [-0.3, -0.25) is 19.7 Å². The lowest BCUT2D eigenvalue weighted by atomic mass is 10.2. The summed E-state index contributed by atoms with van der Waals surface area (Å²) in [5.41, 5.74) is 1.30. The highest BCUT2D eigenvalue weighted by molar-refractivity contribution is 7.97. The van der Waals surface area contributed by atoms with Gasteiger partial charge >= 0.3 is 5.97 Å². The Hall–Kier alpha value is -1.08. The van der Waals surface area contributed by atoms with Crippen LogP contribution in [0.5, 0.6) is 0 Å². The van der Waals surface area contributed by atoms with E-state index in [1.807, 2.05) is 20.8 Å². The normalized spacial score (nSPS) is 15.7. The van der Waals surface area contributed by atoms with Crippen LogP contribution in [0.25, 0.3) is 0 Å². The van der Waals surface area contributed by atoms with E-state index in [-0.39, 0.29) is 5.97 Å². The van der Waals surface area contributed by atoms with E-state index in [0.29, 0.717) is 13.2 Å². The molecule has 0 aliphatic carbocycles. The Morgan fingerprint density at radius 2 is 1.70 bits per heavy atom. The van der Waals surface area contributed by atoms with Crippen LogP contribution in [0.2, 0.25) is 0 Å². The van der Waals surface area contributed by atoms with Gasteiger partial charge in [-0.25, -0.2) is 0 Å². The Balaban J connectivity index is 0.00000127. The second kappa shape index (κ2) is 11.5. The first kappa shape index (κ1) is 20.0. The van der Waals surface area contributed by atoms with E-state index in [1.165, 1.54) is 17.5 Å². The van der Waals surface area contributed by atoms with Crippen LogP contribution in [-0.2, 0) is 16.1 Å². The molecule has 0 unspecified atom stereocenters. The van der Waals surface area contributed by atoms with Crippen molar-refractivity contribution in [3.05, 3.63) is 29.8 Å². The maximum atomic E-state index is 11.5. The Morgan fingerprint density at radius 3 is 2.22 bits per heavy atom. The molecule has 0 saturated carbocycles. The van der Waals surface area contributed by atoms with Crippen LogP contribution >= 0.6 is 11.9 Å². The van der Waals surface area contributed by atoms with Crippen molar-refractivity contribution in [2.45, 2.75) is 32.2 Å². The molecular formula is C17H29N3O2S. The van der Waals surface area contributed by atoms with Crippen LogP contribution < -0.4 is 5.14 Å². The third kappa shape index (κ3) is 7.35. The molecule has 1 aliphatic heterocycles. The quantitative estimate of drug-likeness (QED) is 0.634. The predicted octanol–water partition coefficient (Wildman–Crippen LogP) is 2.36. The third-order valence-corrected chi connectivity index (χ3v) is 4.13. The molecule has 0 aromatic heterocycles. The van der Waals surface area contributed by atoms with Gasteiger partial charge in [0.05, 0.1) is 13.2 Å². The van der Waals surface area contributed by atoms with Gasteiger partial charge in [0.15, 0.2) is 0 Å². The van der Waals surface area contributed by atoms with Gasteiger partial charge < -0.3 is 4.74 Å². The van der Waals surface area contributed by atoms with Crippen molar-refractivity contribution in [2.75, 3.05) is 39.3 Å². The molecule has 1 aromatic rings. The number of carbonyl (C=O) groups is 1. The lowest BCUT2D eigenvalue weighted by Gasteiger charge is -2.34. The number of esters is 1. The van der Waals surface area contributed by atoms with Crippen molar-refractivity contribution < 1.29 is 9.53 Å². The summed E-state index contributed by atoms with van der Waals surface area (Å²) < 4.78 is 4.98. The number of carbonyl (C=O) groups excluding carboxylic acids is 1. The number of hydrogen-bond donors (Lipinski definition) is 1. The molecule has 6 heteroatoms. The van der Waals surface area contributed by atoms with Crippen LogP contribution in [-0.4, -0.2) is 55.1 Å². The van der Waals surface area contributed by atoms with E-state index in [1.54, 1.807) is 0 Å². The highest BCUT2D eigenvalue weighted by Gasteiger charge is 2.19. The molecule has 0 bridgehead atoms. The number of nitrogens with zero attached hydrogens (tertiary/aromatic N) is 2. The van der Waals surface area contributed by atoms with Crippen LogP contribution in [0.1, 0.15) is 26.3 Å². The van der Waals surface area contributed by atoms with Gasteiger partial charge in [-0.05, 0) is 36.6 Å². The number of hydrogen-bond acceptors (Lipinski definition) is 6. The maximum Gasteiger partial charge on any atom is 0.320 e. The fraction of sp³-hybridized carbons (Fsp3) is 0.588. The molecule has 2 N–H and O–H groups in total. The molecule has 0 radical (unpaired) electrons. The summed E-state index contributed by atoms with van der Waals surface area (Å²) in [6.07, 6.45) is 0. The van der Waals surface area contributed by atoms with E-state index in [0.717, 1.165) is 37.6 Å². The summed E-state index contributed by atoms with van der Waals surface area (Å²) in [6.45, 7) is 11.4. The van der Waals surface area contributed by atoms with Crippen LogP contribution in [0.15, 0.2) is 29.2 Å². The molecule has 0 atom stereocenters. The van der Waals surface area contributed by atoms with E-state index >= 15 is 0 Å². The van der Waals surface area contributed by atoms with Gasteiger partial charge in [0, 0.05) is 37.6 Å². The zero-order chi connectivity index (χ0) is 17.1. The maximum absolute atomic E-state index is 11.5. The number of ether oxygens (including phenoxy) is 1. The summed E-state index contributed by atoms with van der Waals surface area (Å²) in [7, 11) is 0. The first-order valence-corrected chi connectivity index (χ1v) is 9.15. The minimum Gasteiger partial charge on any atom is -0.465 e. The number of rotatable bonds is 6. The first-order valence-electron chi connectivity index (χ1n) is 8.27. The van der Waals surface area contributed by atoms with Crippen molar-refractivity contribution in [2.24, 2.45) is 5.14 Å². The average molecular weight is 340 g/mol. The predicted molar refractivity (Wildman–Crippen MR) is 96.2 cm³/mol. The van der Waals surface area contributed by atoms with Crippen molar-refractivity contribution in [3.63, 3.8) is 0 Å². The zero-order valence-electron chi connectivity index (χ0n) is 14.5. The van der Waals surface area contributed by atoms with Crippen LogP contribution in [0.4, 0.5) is 0 Å². The van der Waals surface area contributed by atoms with Gasteiger partial charge in [0.25, 0.3) is 0 Å². The highest BCUT2D eigenvalue weighted by atomic mass is 32.2. The van der Waals surface area contributed by atoms with Gasteiger partial charge in [-0.2, -0.15) is 0 Å². The second-order valence-corrected chi connectivity index (χ2v) is 5.83. The first-order chi connectivity index (χ1) is 11.2. The molecule has 1 aliphatic rings. The van der Waals surface area contributed by atoms with Crippen LogP contribution in [0, 0.1) is 0 Å². The summed E-state index contributed by atoms with van der Waals surface area (Å²) in [6, 6.07) is 8.36. The second-order valence-electron chi connectivity index (χ2n) is 5.12. The Morgan fingerprint density at radius 1 is 1.13 bits per heavy atom. The topological polar surface area (TPSA) is 58.8 Å². The molecule has 0 spiro atoms. The van der Waals surface area contributed by atoms with E-state index < -0.39 is 0 Å². The fourth-order valence-electron chi connectivity index (χ4n) is 2.43. The molecule has 1 heterocycles. The lowest BCUT2D eigenvalue weighted by Crippen LogP contribution is -2.47. The highest BCUT2D eigenvalue weighted by Crippen LogP contribution is 2.14. The monoisotopic (exact) mass is 339 g/mol. The van der Waals surface area contributed by atoms with Gasteiger partial charge in [-0.1, -0.05) is 26.0 Å².